The van der Waals surface area contributed by atoms with Gasteiger partial charge in [-0.05, 0) is 44.0 Å². The summed E-state index contributed by atoms with van der Waals surface area (Å²) in [5.74, 6) is 0. The van der Waals surface area contributed by atoms with Gasteiger partial charge in [-0.25, -0.2) is 21.6 Å². The number of sulfonamides is 2. The van der Waals surface area contributed by atoms with Gasteiger partial charge < -0.3 is 5.32 Å². The van der Waals surface area contributed by atoms with Crippen LogP contribution in [0.1, 0.15) is 31.7 Å². The van der Waals surface area contributed by atoms with Crippen molar-refractivity contribution in [2.24, 2.45) is 0 Å². The standard InChI is InChI=1S/C16H27N3O4S2/c1-3-17-9-10-18-24(20,21)15-8-7-14(2)16(13-15)25(22,23)19-11-5-4-6-12-19/h7-8,13,17-18H,3-6,9-12H2,1-2H3. The fraction of sp³-hybridized carbons (Fsp3) is 0.625. The first-order chi connectivity index (χ1) is 11.8. The average Bonchev–Trinajstić information content (AvgIpc) is 2.59. The van der Waals surface area contributed by atoms with E-state index in [2.05, 4.69) is 10.0 Å². The number of aryl methyl sites for hydroxylation is 1. The van der Waals surface area contributed by atoms with Gasteiger partial charge in [0.2, 0.25) is 20.0 Å². The molecule has 1 fully saturated rings. The summed E-state index contributed by atoms with van der Waals surface area (Å²) in [7, 11) is -7.42. The van der Waals surface area contributed by atoms with E-state index in [1.54, 1.807) is 13.0 Å². The number of nitrogens with zero attached hydrogens (tertiary/aromatic N) is 1. The van der Waals surface area contributed by atoms with Crippen LogP contribution in [0.4, 0.5) is 0 Å². The Labute approximate surface area is 150 Å². The smallest absolute Gasteiger partial charge is 0.243 e. The highest BCUT2D eigenvalue weighted by Crippen LogP contribution is 2.25. The van der Waals surface area contributed by atoms with E-state index < -0.39 is 20.0 Å². The monoisotopic (exact) mass is 389 g/mol. The maximum Gasteiger partial charge on any atom is 0.243 e. The third kappa shape index (κ3) is 5.01. The Morgan fingerprint density at radius 2 is 1.72 bits per heavy atom. The van der Waals surface area contributed by atoms with Crippen molar-refractivity contribution in [3.8, 4) is 0 Å². The summed E-state index contributed by atoms with van der Waals surface area (Å²) in [6, 6.07) is 4.27. The minimum absolute atomic E-state index is 0.0230. The molecule has 2 rings (SSSR count). The van der Waals surface area contributed by atoms with Crippen molar-refractivity contribution in [2.45, 2.75) is 42.9 Å². The Bertz CT molecular complexity index is 786. The minimum atomic E-state index is -3.74. The van der Waals surface area contributed by atoms with Gasteiger partial charge >= 0.3 is 0 Å². The van der Waals surface area contributed by atoms with Crippen LogP contribution in [0.5, 0.6) is 0 Å². The van der Waals surface area contributed by atoms with E-state index in [-0.39, 0.29) is 16.3 Å². The van der Waals surface area contributed by atoms with Gasteiger partial charge in [0, 0.05) is 26.2 Å². The Morgan fingerprint density at radius 3 is 2.36 bits per heavy atom. The van der Waals surface area contributed by atoms with Gasteiger partial charge in [-0.1, -0.05) is 19.4 Å². The van der Waals surface area contributed by atoms with Crippen LogP contribution < -0.4 is 10.0 Å². The van der Waals surface area contributed by atoms with Crippen molar-refractivity contribution in [1.29, 1.82) is 0 Å². The van der Waals surface area contributed by atoms with E-state index >= 15 is 0 Å². The molecule has 0 radical (unpaired) electrons. The summed E-state index contributed by atoms with van der Waals surface area (Å²) in [4.78, 5) is 0.0501. The first-order valence-corrected chi connectivity index (χ1v) is 11.5. The zero-order valence-electron chi connectivity index (χ0n) is 14.8. The molecule has 142 valence electrons. The van der Waals surface area contributed by atoms with Crippen molar-refractivity contribution in [2.75, 3.05) is 32.7 Å². The molecular formula is C16H27N3O4S2. The third-order valence-corrected chi connectivity index (χ3v) is 7.75. The molecule has 2 N–H and O–H groups in total. The predicted octanol–water partition coefficient (Wildman–Crippen LogP) is 1.06. The summed E-state index contributed by atoms with van der Waals surface area (Å²) >= 11 is 0. The van der Waals surface area contributed by atoms with Gasteiger partial charge in [-0.3, -0.25) is 0 Å². The van der Waals surface area contributed by atoms with Crippen molar-refractivity contribution in [3.63, 3.8) is 0 Å². The van der Waals surface area contributed by atoms with Gasteiger partial charge in [-0.15, -0.1) is 0 Å². The van der Waals surface area contributed by atoms with Crippen molar-refractivity contribution in [1.82, 2.24) is 14.3 Å². The quantitative estimate of drug-likeness (QED) is 0.648. The van der Waals surface area contributed by atoms with E-state index in [0.29, 0.717) is 25.2 Å². The topological polar surface area (TPSA) is 95.6 Å². The number of likely N-dealkylation sites (N-methyl/N-ethyl adjacent to an activating group) is 1. The number of nitrogens with one attached hydrogen (secondary N) is 2. The molecule has 9 heteroatoms. The molecule has 1 heterocycles. The molecular weight excluding hydrogens is 362 g/mol. The normalized spacial score (nSPS) is 16.9. The lowest BCUT2D eigenvalue weighted by atomic mass is 10.2. The summed E-state index contributed by atoms with van der Waals surface area (Å²) in [5, 5.41) is 3.03. The van der Waals surface area contributed by atoms with E-state index in [4.69, 9.17) is 0 Å². The lowest BCUT2D eigenvalue weighted by molar-refractivity contribution is 0.346. The van der Waals surface area contributed by atoms with Gasteiger partial charge in [0.1, 0.15) is 0 Å². The van der Waals surface area contributed by atoms with Crippen LogP contribution in [-0.4, -0.2) is 53.9 Å². The molecule has 0 amide bonds. The van der Waals surface area contributed by atoms with Crippen LogP contribution in [0.2, 0.25) is 0 Å². The molecule has 1 aromatic rings. The van der Waals surface area contributed by atoms with Crippen LogP contribution in [0.15, 0.2) is 28.0 Å². The molecule has 7 nitrogen and oxygen atoms in total. The SMILES string of the molecule is CCNCCNS(=O)(=O)c1ccc(C)c(S(=O)(=O)N2CCCCC2)c1. The van der Waals surface area contributed by atoms with Crippen LogP contribution in [-0.2, 0) is 20.0 Å². The molecule has 1 aliphatic heterocycles. The molecule has 0 spiro atoms. The Morgan fingerprint density at radius 1 is 1.04 bits per heavy atom. The second-order valence-electron chi connectivity index (χ2n) is 6.14. The van der Waals surface area contributed by atoms with Gasteiger partial charge in [0.25, 0.3) is 0 Å². The van der Waals surface area contributed by atoms with Gasteiger partial charge in [0.15, 0.2) is 0 Å². The number of piperidine rings is 1. The van der Waals surface area contributed by atoms with Crippen molar-refractivity contribution < 1.29 is 16.8 Å². The highest BCUT2D eigenvalue weighted by Gasteiger charge is 2.28. The maximum atomic E-state index is 12.9. The number of hydrogen-bond acceptors (Lipinski definition) is 5. The maximum absolute atomic E-state index is 12.9. The molecule has 1 aliphatic rings. The third-order valence-electron chi connectivity index (χ3n) is 4.25. The average molecular weight is 390 g/mol. The summed E-state index contributed by atoms with van der Waals surface area (Å²) in [5.41, 5.74) is 0.553. The van der Waals surface area contributed by atoms with E-state index in [9.17, 15) is 16.8 Å². The van der Waals surface area contributed by atoms with E-state index in [1.165, 1.54) is 16.4 Å². The van der Waals surface area contributed by atoms with Crippen LogP contribution in [0.25, 0.3) is 0 Å². The highest BCUT2D eigenvalue weighted by molar-refractivity contribution is 7.90. The molecule has 0 aliphatic carbocycles. The number of rotatable bonds is 8. The summed E-state index contributed by atoms with van der Waals surface area (Å²) in [6.45, 7) is 6.11. The lowest BCUT2D eigenvalue weighted by Gasteiger charge is -2.26. The molecule has 0 saturated carbocycles. The molecule has 25 heavy (non-hydrogen) atoms. The first kappa shape index (κ1) is 20.3. The van der Waals surface area contributed by atoms with Crippen molar-refractivity contribution in [3.05, 3.63) is 23.8 Å². The van der Waals surface area contributed by atoms with Crippen LogP contribution >= 0.6 is 0 Å². The fourth-order valence-electron chi connectivity index (χ4n) is 2.80. The molecule has 0 unspecified atom stereocenters. The zero-order chi connectivity index (χ0) is 18.5. The summed E-state index contributed by atoms with van der Waals surface area (Å²) < 4.78 is 54.5. The fourth-order valence-corrected chi connectivity index (χ4v) is 5.70. The van der Waals surface area contributed by atoms with E-state index in [1.807, 2.05) is 6.92 Å². The van der Waals surface area contributed by atoms with Gasteiger partial charge in [0.05, 0.1) is 9.79 Å². The van der Waals surface area contributed by atoms with Crippen LogP contribution in [0.3, 0.4) is 0 Å². The Hall–Kier alpha value is -1.00. The largest absolute Gasteiger partial charge is 0.316 e. The van der Waals surface area contributed by atoms with Crippen LogP contribution in [0, 0.1) is 6.92 Å². The molecule has 0 atom stereocenters. The molecule has 1 saturated heterocycles. The second-order valence-corrected chi connectivity index (χ2v) is 9.82. The Balaban J connectivity index is 2.27. The van der Waals surface area contributed by atoms with E-state index in [0.717, 1.165) is 25.8 Å². The highest BCUT2D eigenvalue weighted by atomic mass is 32.2. The van der Waals surface area contributed by atoms with Crippen molar-refractivity contribution >= 4 is 20.0 Å². The number of hydrogen-bond donors (Lipinski definition) is 2. The summed E-state index contributed by atoms with van der Waals surface area (Å²) in [6.07, 6.45) is 2.69. The number of benzene rings is 1. The van der Waals surface area contributed by atoms with Gasteiger partial charge in [-0.2, -0.15) is 4.31 Å². The minimum Gasteiger partial charge on any atom is -0.316 e. The molecule has 0 aromatic heterocycles. The second kappa shape index (κ2) is 8.59. The first-order valence-electron chi connectivity index (χ1n) is 8.60. The predicted molar refractivity (Wildman–Crippen MR) is 97.5 cm³/mol. The zero-order valence-corrected chi connectivity index (χ0v) is 16.4. The lowest BCUT2D eigenvalue weighted by Crippen LogP contribution is -2.36. The molecule has 0 bridgehead atoms. The molecule has 1 aromatic carbocycles. The Kier molecular flexibility index (Phi) is 6.98.